The fraction of sp³-hybridized carbons (Fsp3) is 0.625. The minimum atomic E-state index is -3.50. The van der Waals surface area contributed by atoms with Crippen LogP contribution >= 0.6 is 0 Å². The van der Waals surface area contributed by atoms with E-state index in [-0.39, 0.29) is 5.75 Å². The summed E-state index contributed by atoms with van der Waals surface area (Å²) in [5, 5.41) is 5.21. The van der Waals surface area contributed by atoms with Gasteiger partial charge in [0.05, 0.1) is 12.4 Å². The van der Waals surface area contributed by atoms with Crippen LogP contribution in [0.15, 0.2) is 24.3 Å². The number of aryl methyl sites for hydroxylation is 1. The van der Waals surface area contributed by atoms with Crippen LogP contribution in [0.25, 0.3) is 0 Å². The molecule has 2 N–H and O–H groups in total. The maximum Gasteiger partial charge on any atom is 0.209 e. The summed E-state index contributed by atoms with van der Waals surface area (Å²) in [5.74, 6) is 0.733. The number of sulfonamides is 1. The average Bonchev–Trinajstić information content (AvgIpc) is 2.44. The Kier molecular flexibility index (Phi) is 6.68. The summed E-state index contributed by atoms with van der Waals surface area (Å²) in [6, 6.07) is 7.99. The van der Waals surface area contributed by atoms with Gasteiger partial charge in [-0.1, -0.05) is 39.3 Å². The molecule has 0 aliphatic heterocycles. The van der Waals surface area contributed by atoms with Gasteiger partial charge in [-0.3, -0.25) is 0 Å². The molecule has 0 amide bonds. The molecule has 0 aliphatic rings. The molecule has 1 aromatic carbocycles. The van der Waals surface area contributed by atoms with Crippen LogP contribution in [0.1, 0.15) is 45.6 Å². The summed E-state index contributed by atoms with van der Waals surface area (Å²) in [5.41, 5.74) is 0.863. The van der Waals surface area contributed by atoms with E-state index in [2.05, 4.69) is 19.1 Å². The SMILES string of the molecule is CCCc1ccc(OCC(CC)(CC)CS(N)(=O)=O)cc1. The highest BCUT2D eigenvalue weighted by atomic mass is 32.2. The summed E-state index contributed by atoms with van der Waals surface area (Å²) in [6.45, 7) is 6.46. The molecule has 5 heteroatoms. The normalized spacial score (nSPS) is 12.4. The molecule has 0 saturated heterocycles. The first-order valence-corrected chi connectivity index (χ1v) is 9.28. The van der Waals surface area contributed by atoms with E-state index in [1.54, 1.807) is 0 Å². The van der Waals surface area contributed by atoms with Crippen molar-refractivity contribution in [1.82, 2.24) is 0 Å². The minimum absolute atomic E-state index is 0.0408. The van der Waals surface area contributed by atoms with Gasteiger partial charge in [-0.25, -0.2) is 13.6 Å². The maximum atomic E-state index is 11.4. The van der Waals surface area contributed by atoms with E-state index in [0.717, 1.165) is 18.6 Å². The Morgan fingerprint density at radius 3 is 2.10 bits per heavy atom. The molecule has 0 saturated carbocycles. The minimum Gasteiger partial charge on any atom is -0.493 e. The number of hydrogen-bond acceptors (Lipinski definition) is 3. The van der Waals surface area contributed by atoms with Gasteiger partial charge in [0.1, 0.15) is 5.75 Å². The lowest BCUT2D eigenvalue weighted by Gasteiger charge is -2.30. The number of primary sulfonamides is 1. The van der Waals surface area contributed by atoms with E-state index in [0.29, 0.717) is 19.4 Å². The van der Waals surface area contributed by atoms with Crippen LogP contribution in [0.4, 0.5) is 0 Å². The maximum absolute atomic E-state index is 11.4. The van der Waals surface area contributed by atoms with Crippen LogP contribution in [0, 0.1) is 5.41 Å². The number of rotatable bonds is 9. The molecule has 1 aromatic rings. The summed E-state index contributed by atoms with van der Waals surface area (Å²) >= 11 is 0. The van der Waals surface area contributed by atoms with E-state index in [1.807, 2.05) is 26.0 Å². The summed E-state index contributed by atoms with van der Waals surface area (Å²) in [4.78, 5) is 0. The van der Waals surface area contributed by atoms with Crippen LogP contribution < -0.4 is 9.88 Å². The van der Waals surface area contributed by atoms with E-state index >= 15 is 0 Å². The van der Waals surface area contributed by atoms with Crippen molar-refractivity contribution in [2.24, 2.45) is 10.6 Å². The van der Waals surface area contributed by atoms with Crippen LogP contribution in [0.5, 0.6) is 5.75 Å². The Morgan fingerprint density at radius 1 is 1.10 bits per heavy atom. The van der Waals surface area contributed by atoms with Gasteiger partial charge in [-0.05, 0) is 37.0 Å². The van der Waals surface area contributed by atoms with Crippen LogP contribution in [-0.2, 0) is 16.4 Å². The lowest BCUT2D eigenvalue weighted by Crippen LogP contribution is -2.37. The van der Waals surface area contributed by atoms with Gasteiger partial charge in [0.2, 0.25) is 10.0 Å². The molecule has 0 radical (unpaired) electrons. The number of nitrogens with two attached hydrogens (primary N) is 1. The molecule has 0 fully saturated rings. The molecule has 1 rings (SSSR count). The third kappa shape index (κ3) is 6.06. The molecule has 0 aliphatic carbocycles. The van der Waals surface area contributed by atoms with Crippen molar-refractivity contribution >= 4 is 10.0 Å². The molecule has 0 unspecified atom stereocenters. The fourth-order valence-electron chi connectivity index (χ4n) is 2.40. The van der Waals surface area contributed by atoms with Crippen molar-refractivity contribution in [2.45, 2.75) is 46.5 Å². The van der Waals surface area contributed by atoms with Gasteiger partial charge in [-0.15, -0.1) is 0 Å². The first kappa shape index (κ1) is 18.0. The Labute approximate surface area is 128 Å². The van der Waals surface area contributed by atoms with Gasteiger partial charge in [0, 0.05) is 5.41 Å². The van der Waals surface area contributed by atoms with Crippen molar-refractivity contribution in [3.05, 3.63) is 29.8 Å². The lowest BCUT2D eigenvalue weighted by molar-refractivity contribution is 0.154. The molecule has 0 heterocycles. The van der Waals surface area contributed by atoms with Crippen molar-refractivity contribution in [3.8, 4) is 5.75 Å². The number of benzene rings is 1. The third-order valence-electron chi connectivity index (χ3n) is 4.01. The standard InChI is InChI=1S/C16H27NO3S/c1-4-7-14-8-10-15(11-9-14)20-12-16(5-2,6-3)13-21(17,18)19/h8-11H,4-7,12-13H2,1-3H3,(H2,17,18,19). The first-order valence-electron chi connectivity index (χ1n) is 7.56. The van der Waals surface area contributed by atoms with E-state index < -0.39 is 15.4 Å². The van der Waals surface area contributed by atoms with E-state index in [1.165, 1.54) is 5.56 Å². The highest BCUT2D eigenvalue weighted by molar-refractivity contribution is 7.89. The predicted octanol–water partition coefficient (Wildman–Crippen LogP) is 3.11. The Bertz CT molecular complexity index is 519. The molecule has 120 valence electrons. The molecule has 0 bridgehead atoms. The summed E-state index contributed by atoms with van der Waals surface area (Å²) in [6.07, 6.45) is 3.60. The van der Waals surface area contributed by atoms with Crippen molar-refractivity contribution in [1.29, 1.82) is 0 Å². The van der Waals surface area contributed by atoms with Crippen LogP contribution in [0.3, 0.4) is 0 Å². The van der Waals surface area contributed by atoms with Crippen LogP contribution in [0.2, 0.25) is 0 Å². The second kappa shape index (κ2) is 7.80. The molecular formula is C16H27NO3S. The zero-order valence-corrected chi connectivity index (χ0v) is 14.1. The van der Waals surface area contributed by atoms with Crippen molar-refractivity contribution < 1.29 is 13.2 Å². The fourth-order valence-corrected chi connectivity index (χ4v) is 3.75. The third-order valence-corrected chi connectivity index (χ3v) is 5.03. The van der Waals surface area contributed by atoms with E-state index in [9.17, 15) is 8.42 Å². The van der Waals surface area contributed by atoms with Crippen molar-refractivity contribution in [3.63, 3.8) is 0 Å². The van der Waals surface area contributed by atoms with Gasteiger partial charge in [0.25, 0.3) is 0 Å². The molecule has 0 spiro atoms. The van der Waals surface area contributed by atoms with Gasteiger partial charge in [-0.2, -0.15) is 0 Å². The second-order valence-electron chi connectivity index (χ2n) is 5.70. The molecule has 0 atom stereocenters. The zero-order chi connectivity index (χ0) is 15.9. The monoisotopic (exact) mass is 313 g/mol. The highest BCUT2D eigenvalue weighted by Crippen LogP contribution is 2.29. The zero-order valence-electron chi connectivity index (χ0n) is 13.3. The molecular weight excluding hydrogens is 286 g/mol. The van der Waals surface area contributed by atoms with Gasteiger partial charge < -0.3 is 4.74 Å². The highest BCUT2D eigenvalue weighted by Gasteiger charge is 2.32. The quantitative estimate of drug-likeness (QED) is 0.761. The summed E-state index contributed by atoms with van der Waals surface area (Å²) < 4.78 is 28.6. The smallest absolute Gasteiger partial charge is 0.209 e. The Morgan fingerprint density at radius 2 is 1.67 bits per heavy atom. The number of ether oxygens (including phenoxy) is 1. The number of hydrogen-bond donors (Lipinski definition) is 1. The van der Waals surface area contributed by atoms with Gasteiger partial charge in [0.15, 0.2) is 0 Å². The largest absolute Gasteiger partial charge is 0.493 e. The molecule has 21 heavy (non-hydrogen) atoms. The van der Waals surface area contributed by atoms with Crippen molar-refractivity contribution in [2.75, 3.05) is 12.4 Å². The van der Waals surface area contributed by atoms with Crippen LogP contribution in [-0.4, -0.2) is 20.8 Å². The Hall–Kier alpha value is -1.07. The lowest BCUT2D eigenvalue weighted by atomic mass is 9.85. The molecule has 4 nitrogen and oxygen atoms in total. The first-order chi connectivity index (χ1) is 9.84. The Balaban J connectivity index is 2.72. The second-order valence-corrected chi connectivity index (χ2v) is 7.31. The van der Waals surface area contributed by atoms with Gasteiger partial charge >= 0.3 is 0 Å². The topological polar surface area (TPSA) is 69.4 Å². The predicted molar refractivity (Wildman–Crippen MR) is 86.9 cm³/mol. The van der Waals surface area contributed by atoms with E-state index in [4.69, 9.17) is 9.88 Å². The average molecular weight is 313 g/mol. The summed E-state index contributed by atoms with van der Waals surface area (Å²) in [7, 11) is -3.50. The molecule has 0 aromatic heterocycles.